The Labute approximate surface area is 251 Å². The Morgan fingerprint density at radius 2 is 1.07 bits per heavy atom. The highest BCUT2D eigenvalue weighted by Crippen LogP contribution is 2.39. The van der Waals surface area contributed by atoms with Gasteiger partial charge in [-0.25, -0.2) is 0 Å². The van der Waals surface area contributed by atoms with E-state index in [9.17, 15) is 0 Å². The van der Waals surface area contributed by atoms with Gasteiger partial charge in [-0.2, -0.15) is 9.97 Å². The molecule has 0 radical (unpaired) electrons. The normalized spacial score (nSPS) is 10.9. The van der Waals surface area contributed by atoms with E-state index < -0.39 is 0 Å². The average Bonchev–Trinajstić information content (AvgIpc) is 3.02. The SMILES string of the molecule is COc1cc(C=Cc2cc(C=Cc3cc(OC)c(OC)c(OC)c3)nc(OCCCCN=C(N)N)n2)cc(OC)c1OC. The Morgan fingerprint density at radius 3 is 1.44 bits per heavy atom. The number of guanidine groups is 1. The Morgan fingerprint density at radius 1 is 0.628 bits per heavy atom. The monoisotopic (exact) mass is 593 g/mol. The first kappa shape index (κ1) is 32.4. The minimum atomic E-state index is 0.0689. The number of benzene rings is 2. The van der Waals surface area contributed by atoms with Crippen LogP contribution in [0.5, 0.6) is 40.5 Å². The molecular weight excluding hydrogens is 554 g/mol. The van der Waals surface area contributed by atoms with Crippen LogP contribution in [0.15, 0.2) is 35.3 Å². The van der Waals surface area contributed by atoms with Crippen molar-refractivity contribution >= 4 is 30.3 Å². The molecule has 43 heavy (non-hydrogen) atoms. The molecule has 0 saturated carbocycles. The molecule has 0 aliphatic heterocycles. The highest BCUT2D eigenvalue weighted by atomic mass is 16.5. The molecule has 0 aliphatic rings. The van der Waals surface area contributed by atoms with Crippen molar-refractivity contribution in [2.45, 2.75) is 12.8 Å². The van der Waals surface area contributed by atoms with Crippen molar-refractivity contribution in [3.8, 4) is 40.5 Å². The van der Waals surface area contributed by atoms with Gasteiger partial charge in [-0.1, -0.05) is 12.2 Å². The first-order valence-corrected chi connectivity index (χ1v) is 13.4. The maximum atomic E-state index is 5.89. The molecule has 12 heteroatoms. The summed E-state index contributed by atoms with van der Waals surface area (Å²) in [6.45, 7) is 0.920. The summed E-state index contributed by atoms with van der Waals surface area (Å²) in [5, 5.41) is 0. The van der Waals surface area contributed by atoms with Crippen LogP contribution in [0.1, 0.15) is 35.4 Å². The number of unbranched alkanes of at least 4 members (excludes halogenated alkanes) is 1. The number of hydrogen-bond acceptors (Lipinski definition) is 10. The molecule has 0 fully saturated rings. The smallest absolute Gasteiger partial charge is 0.317 e. The zero-order valence-electron chi connectivity index (χ0n) is 25.4. The van der Waals surface area contributed by atoms with E-state index in [2.05, 4.69) is 15.0 Å². The van der Waals surface area contributed by atoms with Gasteiger partial charge in [0.05, 0.1) is 60.7 Å². The summed E-state index contributed by atoms with van der Waals surface area (Å²) in [6.07, 6.45) is 8.96. The summed E-state index contributed by atoms with van der Waals surface area (Å²) in [7, 11) is 9.41. The molecule has 0 atom stereocenters. The largest absolute Gasteiger partial charge is 0.493 e. The van der Waals surface area contributed by atoms with E-state index in [0.717, 1.165) is 24.0 Å². The lowest BCUT2D eigenvalue weighted by Gasteiger charge is -2.13. The summed E-state index contributed by atoms with van der Waals surface area (Å²) in [4.78, 5) is 13.2. The highest BCUT2D eigenvalue weighted by Gasteiger charge is 2.13. The minimum Gasteiger partial charge on any atom is -0.493 e. The van der Waals surface area contributed by atoms with Gasteiger partial charge < -0.3 is 44.6 Å². The first-order valence-electron chi connectivity index (χ1n) is 13.4. The molecule has 0 spiro atoms. The fraction of sp³-hybridized carbons (Fsp3) is 0.323. The van der Waals surface area contributed by atoms with Crippen molar-refractivity contribution in [3.63, 3.8) is 0 Å². The molecule has 0 unspecified atom stereocenters. The molecule has 0 amide bonds. The van der Waals surface area contributed by atoms with Crippen LogP contribution in [0.4, 0.5) is 0 Å². The Hall–Kier alpha value is -5.13. The third kappa shape index (κ3) is 9.18. The predicted molar refractivity (Wildman–Crippen MR) is 167 cm³/mol. The van der Waals surface area contributed by atoms with Gasteiger partial charge in [0.2, 0.25) is 11.5 Å². The van der Waals surface area contributed by atoms with Crippen LogP contribution in [0, 0.1) is 0 Å². The molecule has 0 aliphatic carbocycles. The predicted octanol–water partition coefficient (Wildman–Crippen LogP) is 4.30. The maximum Gasteiger partial charge on any atom is 0.317 e. The summed E-state index contributed by atoms with van der Waals surface area (Å²) in [5.41, 5.74) is 13.7. The number of ether oxygens (including phenoxy) is 7. The van der Waals surface area contributed by atoms with E-state index in [0.29, 0.717) is 59.0 Å². The van der Waals surface area contributed by atoms with Gasteiger partial charge in [0.25, 0.3) is 0 Å². The second-order valence-electron chi connectivity index (χ2n) is 8.95. The second kappa shape index (κ2) is 16.3. The van der Waals surface area contributed by atoms with Crippen molar-refractivity contribution in [1.29, 1.82) is 0 Å². The van der Waals surface area contributed by atoms with E-state index in [4.69, 9.17) is 44.6 Å². The Kier molecular flexibility index (Phi) is 12.3. The van der Waals surface area contributed by atoms with Crippen LogP contribution >= 0.6 is 0 Å². The van der Waals surface area contributed by atoms with E-state index in [1.165, 1.54) is 0 Å². The van der Waals surface area contributed by atoms with Crippen molar-refractivity contribution < 1.29 is 33.2 Å². The molecule has 1 aromatic heterocycles. The van der Waals surface area contributed by atoms with Gasteiger partial charge in [0.15, 0.2) is 29.0 Å². The minimum absolute atomic E-state index is 0.0689. The third-order valence-corrected chi connectivity index (χ3v) is 6.09. The summed E-state index contributed by atoms with van der Waals surface area (Å²) >= 11 is 0. The number of methoxy groups -OCH3 is 6. The van der Waals surface area contributed by atoms with Gasteiger partial charge in [0.1, 0.15) is 0 Å². The summed E-state index contributed by atoms with van der Waals surface area (Å²) in [5.74, 6) is 3.27. The number of hydrogen-bond donors (Lipinski definition) is 2. The summed E-state index contributed by atoms with van der Waals surface area (Å²) in [6, 6.07) is 9.46. The molecule has 0 saturated heterocycles. The molecule has 3 aromatic rings. The lowest BCUT2D eigenvalue weighted by molar-refractivity contribution is 0.283. The van der Waals surface area contributed by atoms with Gasteiger partial charge in [-0.3, -0.25) is 4.99 Å². The lowest BCUT2D eigenvalue weighted by Crippen LogP contribution is -2.23. The quantitative estimate of drug-likeness (QED) is 0.139. The van der Waals surface area contributed by atoms with E-state index in [-0.39, 0.29) is 12.0 Å². The molecule has 2 aromatic carbocycles. The fourth-order valence-corrected chi connectivity index (χ4v) is 4.04. The van der Waals surface area contributed by atoms with E-state index in [1.54, 1.807) is 42.7 Å². The highest BCUT2D eigenvalue weighted by molar-refractivity contribution is 5.76. The number of aliphatic imine (C=N–C) groups is 1. The fourth-order valence-electron chi connectivity index (χ4n) is 4.04. The van der Waals surface area contributed by atoms with Crippen molar-refractivity contribution in [1.82, 2.24) is 9.97 Å². The average molecular weight is 594 g/mol. The number of rotatable bonds is 16. The van der Waals surface area contributed by atoms with Crippen molar-refractivity contribution in [2.75, 3.05) is 55.8 Å². The van der Waals surface area contributed by atoms with Crippen molar-refractivity contribution in [3.05, 3.63) is 52.8 Å². The van der Waals surface area contributed by atoms with Gasteiger partial charge >= 0.3 is 6.01 Å². The summed E-state index contributed by atoms with van der Waals surface area (Å²) < 4.78 is 38.6. The van der Waals surface area contributed by atoms with Crippen LogP contribution in [0.25, 0.3) is 24.3 Å². The Balaban J connectivity index is 1.93. The van der Waals surface area contributed by atoms with Crippen LogP contribution in [0.2, 0.25) is 0 Å². The molecule has 12 nitrogen and oxygen atoms in total. The van der Waals surface area contributed by atoms with Crippen molar-refractivity contribution in [2.24, 2.45) is 16.5 Å². The standard InChI is InChI=1S/C31H39N5O7/c1-37-24-15-20(16-25(38-2)28(24)41-5)9-11-22-19-23(36-31(35-22)43-14-8-7-13-34-30(32)33)12-10-21-17-26(39-3)29(42-6)27(18-21)40-4/h9-12,15-19H,7-8,13-14H2,1-6H3,(H4,32,33,34). The molecule has 4 N–H and O–H groups in total. The van der Waals surface area contributed by atoms with Crippen LogP contribution in [0.3, 0.4) is 0 Å². The third-order valence-electron chi connectivity index (χ3n) is 6.09. The number of nitrogens with two attached hydrogens (primary N) is 2. The lowest BCUT2D eigenvalue weighted by atomic mass is 10.1. The molecular formula is C31H39N5O7. The van der Waals surface area contributed by atoms with E-state index >= 15 is 0 Å². The zero-order valence-corrected chi connectivity index (χ0v) is 25.4. The Bertz CT molecular complexity index is 1310. The van der Waals surface area contributed by atoms with Gasteiger partial charge in [-0.15, -0.1) is 0 Å². The maximum absolute atomic E-state index is 5.89. The molecule has 1 heterocycles. The van der Waals surface area contributed by atoms with Gasteiger partial charge in [-0.05, 0) is 66.5 Å². The van der Waals surface area contributed by atoms with E-state index in [1.807, 2.05) is 54.6 Å². The zero-order chi connectivity index (χ0) is 31.2. The number of nitrogens with zero attached hydrogens (tertiary/aromatic N) is 3. The van der Waals surface area contributed by atoms with Crippen LogP contribution < -0.4 is 44.6 Å². The van der Waals surface area contributed by atoms with Gasteiger partial charge in [0, 0.05) is 6.54 Å². The second-order valence-corrected chi connectivity index (χ2v) is 8.95. The van der Waals surface area contributed by atoms with Crippen LogP contribution in [-0.4, -0.2) is 71.7 Å². The first-order chi connectivity index (χ1) is 20.8. The molecule has 0 bridgehead atoms. The van der Waals surface area contributed by atoms with Crippen LogP contribution in [-0.2, 0) is 0 Å². The topological polar surface area (TPSA) is 155 Å². The molecule has 230 valence electrons. The number of aromatic nitrogens is 2. The molecule has 3 rings (SSSR count).